The number of benzene rings is 4. The number of carbonyl (C=O) groups is 4. The number of aliphatic hydroxyl groups is 2. The van der Waals surface area contributed by atoms with E-state index in [9.17, 15) is 29.4 Å². The SMILES string of the molecule is O=C(N[C@@H](C(=O)N1CCC[C@H]1c1ncc(C#Cc2ccc(-c3ccc(-c4cnc([C@@H]5CCCN5C(=O)[C@H](NC(=O)N5CC[C@H](O)C5)c5ccccc5)[nH]4)cc3)cc2)[nH]1)c1ccccc1)N1CC[C@H](O)C1. The lowest BCUT2D eigenvalue weighted by atomic mass is 10.0. The van der Waals surface area contributed by atoms with E-state index < -0.39 is 24.3 Å². The first-order valence-corrected chi connectivity index (χ1v) is 24.2. The highest BCUT2D eigenvalue weighted by molar-refractivity contribution is 5.90. The van der Waals surface area contributed by atoms with E-state index in [0.717, 1.165) is 53.6 Å². The molecular formula is C54H56N10O6. The number of urea groups is 2. The van der Waals surface area contributed by atoms with E-state index >= 15 is 0 Å². The predicted octanol–water partition coefficient (Wildman–Crippen LogP) is 6.23. The molecule has 4 aliphatic rings. The molecule has 16 nitrogen and oxygen atoms in total. The maximum atomic E-state index is 14.3. The van der Waals surface area contributed by atoms with Gasteiger partial charge in [0.2, 0.25) is 11.8 Å². The monoisotopic (exact) mass is 940 g/mol. The van der Waals surface area contributed by atoms with Crippen molar-refractivity contribution in [2.24, 2.45) is 0 Å². The van der Waals surface area contributed by atoms with Gasteiger partial charge >= 0.3 is 12.1 Å². The molecule has 0 aliphatic carbocycles. The average Bonchev–Trinajstić information content (AvgIpc) is 4.27. The van der Waals surface area contributed by atoms with Crippen LogP contribution in [0.3, 0.4) is 0 Å². The van der Waals surface area contributed by atoms with Gasteiger partial charge < -0.3 is 50.4 Å². The molecule has 6 aromatic rings. The lowest BCUT2D eigenvalue weighted by Crippen LogP contribution is -2.47. The van der Waals surface area contributed by atoms with Gasteiger partial charge in [-0.05, 0) is 84.4 Å². The van der Waals surface area contributed by atoms with Crippen LogP contribution in [-0.4, -0.2) is 125 Å². The van der Waals surface area contributed by atoms with Crippen molar-refractivity contribution in [3.8, 4) is 34.2 Å². The van der Waals surface area contributed by atoms with E-state index in [2.05, 4.69) is 49.6 Å². The Morgan fingerprint density at radius 1 is 0.557 bits per heavy atom. The number of likely N-dealkylation sites (tertiary alicyclic amines) is 4. The third-order valence-electron chi connectivity index (χ3n) is 13.8. The molecule has 0 saturated carbocycles. The zero-order valence-corrected chi connectivity index (χ0v) is 38.7. The second kappa shape index (κ2) is 20.5. The van der Waals surface area contributed by atoms with E-state index in [1.54, 1.807) is 27.1 Å². The predicted molar refractivity (Wildman–Crippen MR) is 261 cm³/mol. The molecule has 2 aromatic heterocycles. The molecule has 4 saturated heterocycles. The first kappa shape index (κ1) is 46.0. The van der Waals surface area contributed by atoms with Crippen molar-refractivity contribution >= 4 is 23.9 Å². The van der Waals surface area contributed by atoms with Crippen LogP contribution in [0.25, 0.3) is 22.4 Å². The molecule has 4 aliphatic heterocycles. The van der Waals surface area contributed by atoms with Gasteiger partial charge in [0.15, 0.2) is 0 Å². The number of imidazole rings is 2. The lowest BCUT2D eigenvalue weighted by Gasteiger charge is -2.30. The molecule has 358 valence electrons. The van der Waals surface area contributed by atoms with Crippen molar-refractivity contribution in [3.63, 3.8) is 0 Å². The minimum Gasteiger partial charge on any atom is -0.391 e. The average molecular weight is 941 g/mol. The number of H-pyrrole nitrogens is 2. The molecule has 6 amide bonds. The van der Waals surface area contributed by atoms with Crippen molar-refractivity contribution in [2.75, 3.05) is 39.3 Å². The van der Waals surface area contributed by atoms with Gasteiger partial charge in [-0.15, -0.1) is 0 Å². The smallest absolute Gasteiger partial charge is 0.318 e. The van der Waals surface area contributed by atoms with Gasteiger partial charge in [0.25, 0.3) is 0 Å². The van der Waals surface area contributed by atoms with Crippen molar-refractivity contribution in [2.45, 2.75) is 74.9 Å². The van der Waals surface area contributed by atoms with Crippen LogP contribution in [0.15, 0.2) is 122 Å². The summed E-state index contributed by atoms with van der Waals surface area (Å²) in [4.78, 5) is 77.8. The number of aliphatic hydroxyl groups excluding tert-OH is 2. The third-order valence-corrected chi connectivity index (χ3v) is 13.8. The Hall–Kier alpha value is -7.74. The van der Waals surface area contributed by atoms with Crippen LogP contribution in [-0.2, 0) is 9.59 Å². The van der Waals surface area contributed by atoms with Gasteiger partial charge in [0.1, 0.15) is 29.4 Å². The number of aromatic amines is 2. The second-order valence-corrected chi connectivity index (χ2v) is 18.5. The summed E-state index contributed by atoms with van der Waals surface area (Å²) in [6.45, 7) is 2.42. The molecule has 16 heteroatoms. The fourth-order valence-corrected chi connectivity index (χ4v) is 10.1. The maximum Gasteiger partial charge on any atom is 0.318 e. The number of aromatic nitrogens is 4. The number of β-amino-alcohol motifs (C(OH)–C–C–N with tert-alkyl or cyclic N) is 2. The normalized spacial score (nSPS) is 20.8. The largest absolute Gasteiger partial charge is 0.391 e. The first-order valence-electron chi connectivity index (χ1n) is 24.2. The molecule has 4 fully saturated rings. The van der Waals surface area contributed by atoms with Gasteiger partial charge in [0, 0.05) is 44.8 Å². The molecule has 6 N–H and O–H groups in total. The number of nitrogens with one attached hydrogen (secondary N) is 4. The van der Waals surface area contributed by atoms with Crippen LogP contribution in [0, 0.1) is 11.8 Å². The fourth-order valence-electron chi connectivity index (χ4n) is 10.1. The van der Waals surface area contributed by atoms with E-state index in [-0.39, 0.29) is 49.0 Å². The highest BCUT2D eigenvalue weighted by atomic mass is 16.3. The summed E-state index contributed by atoms with van der Waals surface area (Å²) in [5.41, 5.74) is 6.69. The summed E-state index contributed by atoms with van der Waals surface area (Å²) < 4.78 is 0. The zero-order chi connectivity index (χ0) is 48.1. The number of nitrogens with zero attached hydrogens (tertiary/aromatic N) is 6. The Bertz CT molecular complexity index is 2880. The minimum absolute atomic E-state index is 0.197. The molecule has 70 heavy (non-hydrogen) atoms. The van der Waals surface area contributed by atoms with Crippen LogP contribution in [0.5, 0.6) is 0 Å². The number of rotatable bonds is 10. The van der Waals surface area contributed by atoms with Crippen molar-refractivity contribution in [3.05, 3.63) is 156 Å². The summed E-state index contributed by atoms with van der Waals surface area (Å²) in [6.07, 6.45) is 6.44. The second-order valence-electron chi connectivity index (χ2n) is 18.5. The quantitative estimate of drug-likeness (QED) is 0.0868. The van der Waals surface area contributed by atoms with Crippen LogP contribution in [0.2, 0.25) is 0 Å². The molecule has 0 unspecified atom stereocenters. The maximum absolute atomic E-state index is 14.3. The van der Waals surface area contributed by atoms with E-state index in [1.165, 1.54) is 0 Å². The van der Waals surface area contributed by atoms with Crippen LogP contribution < -0.4 is 10.6 Å². The molecule has 0 radical (unpaired) electrons. The lowest BCUT2D eigenvalue weighted by molar-refractivity contribution is -0.135. The van der Waals surface area contributed by atoms with Crippen LogP contribution in [0.4, 0.5) is 9.59 Å². The molecule has 0 spiro atoms. The van der Waals surface area contributed by atoms with Gasteiger partial charge in [0.05, 0.1) is 42.4 Å². The van der Waals surface area contributed by atoms with E-state index in [0.29, 0.717) is 67.5 Å². The van der Waals surface area contributed by atoms with Gasteiger partial charge in [-0.25, -0.2) is 19.6 Å². The van der Waals surface area contributed by atoms with Crippen LogP contribution in [0.1, 0.15) is 96.7 Å². The molecule has 6 heterocycles. The molecule has 0 bridgehead atoms. The van der Waals surface area contributed by atoms with Gasteiger partial charge in [-0.2, -0.15) is 0 Å². The molecular weight excluding hydrogens is 885 g/mol. The Balaban J connectivity index is 0.769. The summed E-state index contributed by atoms with van der Waals surface area (Å²) in [5.74, 6) is 7.36. The van der Waals surface area contributed by atoms with Gasteiger partial charge in [-0.1, -0.05) is 103 Å². The topological polar surface area (TPSA) is 203 Å². The highest BCUT2D eigenvalue weighted by Crippen LogP contribution is 2.36. The number of amides is 6. The minimum atomic E-state index is -0.887. The standard InChI is InChI=1S/C54H56N10O6/c65-42-25-29-61(33-42)53(69)59-47(39-9-3-1-4-10-39)51(67)63-27-7-13-45(63)49-55-31-41(57-49)24-17-35-15-18-36(19-16-35)37-20-22-38(23-21-37)44-32-56-50(58-44)46-14-8-28-64(46)52(68)48(40-11-5-2-6-12-40)60-54(70)62-30-26-43(66)34-62/h1-6,9-12,15-16,18-23,31-32,42-43,45-48,65-66H,7-8,13-14,25-30,33-34H2,(H,55,57)(H,56,58)(H,59,69)(H,60,70)/t42-,43-,45-,46-,47+,48+/m0/s1. The van der Waals surface area contributed by atoms with Crippen LogP contribution >= 0.6 is 0 Å². The fraction of sp³-hybridized carbons (Fsp3) is 0.333. The molecule has 6 atom stereocenters. The Morgan fingerprint density at radius 2 is 1.03 bits per heavy atom. The summed E-state index contributed by atoms with van der Waals surface area (Å²) >= 11 is 0. The first-order chi connectivity index (χ1) is 34.1. The van der Waals surface area contributed by atoms with Crippen molar-refractivity contribution < 1.29 is 29.4 Å². The molecule has 10 rings (SSSR count). The van der Waals surface area contributed by atoms with Crippen molar-refractivity contribution in [1.29, 1.82) is 0 Å². The number of hydrogen-bond acceptors (Lipinski definition) is 8. The Labute approximate surface area is 406 Å². The zero-order valence-electron chi connectivity index (χ0n) is 38.7. The number of hydrogen-bond donors (Lipinski definition) is 6. The Kier molecular flexibility index (Phi) is 13.5. The highest BCUT2D eigenvalue weighted by Gasteiger charge is 2.40. The number of carbonyl (C=O) groups excluding carboxylic acids is 4. The van der Waals surface area contributed by atoms with E-state index in [1.807, 2.05) is 102 Å². The summed E-state index contributed by atoms with van der Waals surface area (Å²) in [5, 5.41) is 25.9. The summed E-state index contributed by atoms with van der Waals surface area (Å²) in [6, 6.07) is 31.7. The Morgan fingerprint density at radius 3 is 1.53 bits per heavy atom. The van der Waals surface area contributed by atoms with Gasteiger partial charge in [-0.3, -0.25) is 9.59 Å². The van der Waals surface area contributed by atoms with Crippen molar-refractivity contribution in [1.82, 2.24) is 50.2 Å². The summed E-state index contributed by atoms with van der Waals surface area (Å²) in [7, 11) is 0. The molecule has 4 aromatic carbocycles. The third kappa shape index (κ3) is 10.0. The van der Waals surface area contributed by atoms with E-state index in [4.69, 9.17) is 4.98 Å².